The van der Waals surface area contributed by atoms with Crippen LogP contribution in [-0.2, 0) is 4.79 Å². The topological polar surface area (TPSA) is 78.4 Å². The van der Waals surface area contributed by atoms with Crippen LogP contribution in [0.3, 0.4) is 0 Å². The van der Waals surface area contributed by atoms with E-state index in [0.717, 1.165) is 48.5 Å². The van der Waals surface area contributed by atoms with Gasteiger partial charge in [-0.2, -0.15) is 0 Å². The highest BCUT2D eigenvalue weighted by molar-refractivity contribution is 5.83. The highest BCUT2D eigenvalue weighted by Gasteiger charge is 2.29. The summed E-state index contributed by atoms with van der Waals surface area (Å²) in [5, 5.41) is 14.7. The van der Waals surface area contributed by atoms with Crippen molar-refractivity contribution < 1.29 is 9.90 Å². The monoisotopic (exact) mass is 436 g/mol. The molecule has 1 aromatic heterocycles. The molecule has 1 aliphatic rings. The summed E-state index contributed by atoms with van der Waals surface area (Å²) in [7, 11) is 0. The minimum absolute atomic E-state index is 0.00646. The molecular formula is C26H36N4O2. The molecule has 0 bridgehead atoms. The maximum absolute atomic E-state index is 12.7. The Morgan fingerprint density at radius 2 is 1.91 bits per heavy atom. The van der Waals surface area contributed by atoms with Gasteiger partial charge in [-0.1, -0.05) is 32.1 Å². The summed E-state index contributed by atoms with van der Waals surface area (Å²) in [4.78, 5) is 24.4. The van der Waals surface area contributed by atoms with E-state index in [2.05, 4.69) is 55.4 Å². The molecule has 6 nitrogen and oxygen atoms in total. The fourth-order valence-corrected chi connectivity index (χ4v) is 4.29. The molecular weight excluding hydrogens is 400 g/mol. The first-order chi connectivity index (χ1) is 15.3. The van der Waals surface area contributed by atoms with Gasteiger partial charge in [0.25, 0.3) is 0 Å². The van der Waals surface area contributed by atoms with E-state index in [1.165, 1.54) is 5.56 Å². The van der Waals surface area contributed by atoms with Gasteiger partial charge in [0.15, 0.2) is 0 Å². The Balaban J connectivity index is 1.62. The Bertz CT molecular complexity index is 967. The van der Waals surface area contributed by atoms with Crippen LogP contribution in [0.5, 0.6) is 0 Å². The smallest absolute Gasteiger partial charge is 0.226 e. The number of amides is 1. The van der Waals surface area contributed by atoms with Crippen molar-refractivity contribution in [1.82, 2.24) is 15.3 Å². The molecule has 2 aromatic rings. The SMILES string of the molecule is C=CCC(O)(CC=C)CNC(=O)C1CCN(c2nc(C)c3cc(C(C)C)ccc3n2)CC1. The zero-order valence-electron chi connectivity index (χ0n) is 19.6. The van der Waals surface area contributed by atoms with Crippen molar-refractivity contribution in [3.63, 3.8) is 0 Å². The lowest BCUT2D eigenvalue weighted by molar-refractivity contribution is -0.126. The molecule has 1 aromatic carbocycles. The van der Waals surface area contributed by atoms with Crippen LogP contribution in [0.2, 0.25) is 0 Å². The van der Waals surface area contributed by atoms with E-state index < -0.39 is 5.60 Å². The van der Waals surface area contributed by atoms with Gasteiger partial charge in [0.2, 0.25) is 11.9 Å². The van der Waals surface area contributed by atoms with Gasteiger partial charge in [-0.15, -0.1) is 13.2 Å². The molecule has 172 valence electrons. The number of hydrogen-bond donors (Lipinski definition) is 2. The fraction of sp³-hybridized carbons (Fsp3) is 0.500. The quantitative estimate of drug-likeness (QED) is 0.574. The zero-order valence-corrected chi connectivity index (χ0v) is 19.6. The number of benzene rings is 1. The molecule has 0 atom stereocenters. The molecule has 1 fully saturated rings. The normalized spacial score (nSPS) is 15.2. The van der Waals surface area contributed by atoms with Crippen molar-refractivity contribution in [2.24, 2.45) is 5.92 Å². The van der Waals surface area contributed by atoms with E-state index in [0.29, 0.717) is 18.8 Å². The van der Waals surface area contributed by atoms with Crippen LogP contribution in [0, 0.1) is 12.8 Å². The van der Waals surface area contributed by atoms with Crippen LogP contribution in [0.15, 0.2) is 43.5 Å². The highest BCUT2D eigenvalue weighted by Crippen LogP contribution is 2.26. The fourth-order valence-electron chi connectivity index (χ4n) is 4.29. The van der Waals surface area contributed by atoms with Gasteiger partial charge in [-0.25, -0.2) is 9.97 Å². The van der Waals surface area contributed by atoms with E-state index >= 15 is 0 Å². The molecule has 2 heterocycles. The lowest BCUT2D eigenvalue weighted by atomic mass is 9.93. The van der Waals surface area contributed by atoms with E-state index in [1.807, 2.05) is 6.92 Å². The number of aromatic nitrogens is 2. The summed E-state index contributed by atoms with van der Waals surface area (Å²) < 4.78 is 0. The van der Waals surface area contributed by atoms with Gasteiger partial charge in [0, 0.05) is 30.9 Å². The lowest BCUT2D eigenvalue weighted by Crippen LogP contribution is -2.46. The molecule has 0 saturated carbocycles. The first-order valence-electron chi connectivity index (χ1n) is 11.5. The first-order valence-corrected chi connectivity index (χ1v) is 11.5. The van der Waals surface area contributed by atoms with Crippen molar-refractivity contribution in [3.8, 4) is 0 Å². The summed E-state index contributed by atoms with van der Waals surface area (Å²) in [6.07, 6.45) is 5.64. The minimum Gasteiger partial charge on any atom is -0.387 e. The molecule has 0 spiro atoms. The van der Waals surface area contributed by atoms with Crippen LogP contribution in [0.25, 0.3) is 10.9 Å². The summed E-state index contributed by atoms with van der Waals surface area (Å²) in [5.74, 6) is 1.12. The predicted octanol–water partition coefficient (Wildman–Crippen LogP) is 4.28. The standard InChI is InChI=1S/C26H36N4O2/c1-6-12-26(32,13-7-2)17-27-24(31)20-10-14-30(15-11-20)25-28-19(5)22-16-21(18(3)4)8-9-23(22)29-25/h6-9,16,18,20,32H,1-2,10-15,17H2,3-5H3,(H,27,31). The number of fused-ring (bicyclic) bond motifs is 1. The van der Waals surface area contributed by atoms with E-state index in [1.54, 1.807) is 12.2 Å². The van der Waals surface area contributed by atoms with Gasteiger partial charge < -0.3 is 15.3 Å². The summed E-state index contributed by atoms with van der Waals surface area (Å²) >= 11 is 0. The Kier molecular flexibility index (Phi) is 7.67. The van der Waals surface area contributed by atoms with Crippen LogP contribution >= 0.6 is 0 Å². The van der Waals surface area contributed by atoms with Gasteiger partial charge in [0.1, 0.15) is 0 Å². The highest BCUT2D eigenvalue weighted by atomic mass is 16.3. The maximum Gasteiger partial charge on any atom is 0.226 e. The van der Waals surface area contributed by atoms with Gasteiger partial charge in [-0.3, -0.25) is 4.79 Å². The van der Waals surface area contributed by atoms with Gasteiger partial charge in [-0.05, 0) is 56.2 Å². The third kappa shape index (κ3) is 5.54. The Morgan fingerprint density at radius 3 is 2.50 bits per heavy atom. The summed E-state index contributed by atoms with van der Waals surface area (Å²) in [5.41, 5.74) is 2.21. The van der Waals surface area contributed by atoms with E-state index in [9.17, 15) is 9.90 Å². The number of hydrogen-bond acceptors (Lipinski definition) is 5. The number of aryl methyl sites for hydroxylation is 1. The second-order valence-electron chi connectivity index (χ2n) is 9.23. The van der Waals surface area contributed by atoms with Crippen LogP contribution < -0.4 is 10.2 Å². The molecule has 3 rings (SSSR count). The predicted molar refractivity (Wildman–Crippen MR) is 131 cm³/mol. The Hall–Kier alpha value is -2.73. The molecule has 0 unspecified atom stereocenters. The van der Waals surface area contributed by atoms with Crippen molar-refractivity contribution in [2.75, 3.05) is 24.5 Å². The minimum atomic E-state index is -1.02. The van der Waals surface area contributed by atoms with Crippen molar-refractivity contribution in [1.29, 1.82) is 0 Å². The molecule has 32 heavy (non-hydrogen) atoms. The third-order valence-corrected chi connectivity index (χ3v) is 6.35. The van der Waals surface area contributed by atoms with Gasteiger partial charge >= 0.3 is 0 Å². The number of anilines is 1. The molecule has 1 saturated heterocycles. The maximum atomic E-state index is 12.7. The largest absolute Gasteiger partial charge is 0.387 e. The average molecular weight is 437 g/mol. The Labute approximate surface area is 191 Å². The number of nitrogens with zero attached hydrogens (tertiary/aromatic N) is 3. The molecule has 2 N–H and O–H groups in total. The van der Waals surface area contributed by atoms with Crippen molar-refractivity contribution in [3.05, 3.63) is 54.8 Å². The molecule has 1 amide bonds. The van der Waals surface area contributed by atoms with Crippen LogP contribution in [-0.4, -0.2) is 46.2 Å². The number of nitrogens with one attached hydrogen (secondary N) is 1. The molecule has 0 radical (unpaired) electrons. The number of carbonyl (C=O) groups is 1. The van der Waals surface area contributed by atoms with E-state index in [4.69, 9.17) is 9.97 Å². The molecule has 1 aliphatic heterocycles. The van der Waals surface area contributed by atoms with Gasteiger partial charge in [0.05, 0.1) is 16.8 Å². The second kappa shape index (κ2) is 10.3. The van der Waals surface area contributed by atoms with Crippen LogP contribution in [0.1, 0.15) is 56.7 Å². The number of piperidine rings is 1. The average Bonchev–Trinajstić information content (AvgIpc) is 2.77. The summed E-state index contributed by atoms with van der Waals surface area (Å²) in [6, 6.07) is 6.41. The van der Waals surface area contributed by atoms with Crippen molar-refractivity contribution in [2.45, 2.75) is 58.0 Å². The zero-order chi connectivity index (χ0) is 23.3. The lowest BCUT2D eigenvalue weighted by Gasteiger charge is -2.32. The second-order valence-corrected chi connectivity index (χ2v) is 9.23. The number of rotatable bonds is 9. The first kappa shape index (κ1) is 23.9. The van der Waals surface area contributed by atoms with Crippen molar-refractivity contribution >= 4 is 22.8 Å². The molecule has 0 aliphatic carbocycles. The van der Waals surface area contributed by atoms with E-state index in [-0.39, 0.29) is 18.4 Å². The number of carbonyl (C=O) groups excluding carboxylic acids is 1. The summed E-state index contributed by atoms with van der Waals surface area (Å²) in [6.45, 7) is 15.5. The Morgan fingerprint density at radius 1 is 1.25 bits per heavy atom. The third-order valence-electron chi connectivity index (χ3n) is 6.35. The van der Waals surface area contributed by atoms with Crippen LogP contribution in [0.4, 0.5) is 5.95 Å². The molecule has 6 heteroatoms. The number of aliphatic hydroxyl groups is 1.